The van der Waals surface area contributed by atoms with E-state index in [1.807, 2.05) is 6.07 Å². The van der Waals surface area contributed by atoms with Gasteiger partial charge in [0.05, 0.1) is 27.2 Å². The summed E-state index contributed by atoms with van der Waals surface area (Å²) >= 11 is 0. The number of anilines is 1. The van der Waals surface area contributed by atoms with Crippen LogP contribution in [0.15, 0.2) is 89.5 Å². The van der Waals surface area contributed by atoms with Gasteiger partial charge in [-0.25, -0.2) is 18.2 Å². The molecule has 176 valence electrons. The summed E-state index contributed by atoms with van der Waals surface area (Å²) in [5.41, 5.74) is 1.56. The van der Waals surface area contributed by atoms with E-state index < -0.39 is 28.4 Å². The van der Waals surface area contributed by atoms with E-state index in [2.05, 4.69) is 9.97 Å². The highest BCUT2D eigenvalue weighted by Gasteiger charge is 2.23. The quantitative estimate of drug-likeness (QED) is 0.228. The number of aromatic nitrogens is 2. The molecule has 0 saturated carbocycles. The summed E-state index contributed by atoms with van der Waals surface area (Å²) in [7, 11) is -2.52. The standard InChI is InChI=1S/C25H20N4O5S/c1-29(18-9-3-2-4-10-18)35(32,33)19-11-7-8-17(14-19)25(31)34-16-23(30)20(15-26)24-27-21-12-5-6-13-22(21)28-24/h2-14,30H,16H2,1H3,(H,27,28)/b23-20-. The Balaban J connectivity index is 1.52. The molecule has 0 bridgehead atoms. The molecule has 3 aromatic carbocycles. The molecule has 2 N–H and O–H groups in total. The van der Waals surface area contributed by atoms with E-state index in [1.165, 1.54) is 31.3 Å². The third-order valence-corrected chi connectivity index (χ3v) is 7.00. The Morgan fingerprint density at radius 3 is 2.51 bits per heavy atom. The Morgan fingerprint density at radius 2 is 1.80 bits per heavy atom. The summed E-state index contributed by atoms with van der Waals surface area (Å²) in [5, 5.41) is 19.9. The van der Waals surface area contributed by atoms with Gasteiger partial charge in [0.2, 0.25) is 0 Å². The van der Waals surface area contributed by atoms with Crippen molar-refractivity contribution in [2.45, 2.75) is 4.90 Å². The first-order valence-corrected chi connectivity index (χ1v) is 11.8. The van der Waals surface area contributed by atoms with Crippen molar-refractivity contribution in [3.63, 3.8) is 0 Å². The number of carbonyl (C=O) groups excluding carboxylic acids is 1. The average Bonchev–Trinajstić information content (AvgIpc) is 3.31. The van der Waals surface area contributed by atoms with Gasteiger partial charge in [-0.1, -0.05) is 36.4 Å². The molecule has 0 fully saturated rings. The number of rotatable bonds is 7. The normalized spacial score (nSPS) is 12.0. The van der Waals surface area contributed by atoms with Crippen LogP contribution in [0, 0.1) is 11.3 Å². The van der Waals surface area contributed by atoms with Gasteiger partial charge in [0.25, 0.3) is 10.0 Å². The SMILES string of the molecule is CN(c1ccccc1)S(=O)(=O)c1cccc(C(=O)OC/C(O)=C(\C#N)c2nc3ccccc3[nH]2)c1. The van der Waals surface area contributed by atoms with Crippen LogP contribution in [0.2, 0.25) is 0 Å². The molecule has 35 heavy (non-hydrogen) atoms. The molecule has 0 atom stereocenters. The Labute approximate surface area is 201 Å². The minimum absolute atomic E-state index is 0.0254. The number of nitrogens with zero attached hydrogens (tertiary/aromatic N) is 3. The summed E-state index contributed by atoms with van der Waals surface area (Å²) in [5.74, 6) is -1.22. The minimum Gasteiger partial charge on any atom is -0.507 e. The number of ether oxygens (including phenoxy) is 1. The third kappa shape index (κ3) is 4.85. The van der Waals surface area contributed by atoms with Gasteiger partial charge in [0, 0.05) is 7.05 Å². The van der Waals surface area contributed by atoms with Crippen LogP contribution >= 0.6 is 0 Å². The Kier molecular flexibility index (Phi) is 6.53. The van der Waals surface area contributed by atoms with E-state index in [1.54, 1.807) is 54.6 Å². The summed E-state index contributed by atoms with van der Waals surface area (Å²) in [6.45, 7) is -0.598. The van der Waals surface area contributed by atoms with Crippen molar-refractivity contribution in [3.8, 4) is 6.07 Å². The highest BCUT2D eigenvalue weighted by molar-refractivity contribution is 7.92. The maximum absolute atomic E-state index is 13.0. The Hall–Kier alpha value is -4.62. The molecule has 0 radical (unpaired) electrons. The van der Waals surface area contributed by atoms with Crippen LogP contribution in [0.4, 0.5) is 5.69 Å². The predicted octanol–water partition coefficient (Wildman–Crippen LogP) is 4.04. The first-order chi connectivity index (χ1) is 16.8. The number of imidazole rings is 1. The maximum atomic E-state index is 13.0. The smallest absolute Gasteiger partial charge is 0.338 e. The highest BCUT2D eigenvalue weighted by atomic mass is 32.2. The van der Waals surface area contributed by atoms with Crippen molar-refractivity contribution >= 4 is 38.3 Å². The first kappa shape index (κ1) is 23.5. The predicted molar refractivity (Wildman–Crippen MR) is 130 cm³/mol. The number of esters is 1. The molecular formula is C25H20N4O5S. The molecule has 0 amide bonds. The first-order valence-electron chi connectivity index (χ1n) is 10.4. The van der Waals surface area contributed by atoms with E-state index in [4.69, 9.17) is 4.74 Å². The molecule has 10 heteroatoms. The van der Waals surface area contributed by atoms with Crippen LogP contribution in [-0.2, 0) is 14.8 Å². The molecule has 1 aromatic heterocycles. The van der Waals surface area contributed by atoms with Gasteiger partial charge in [-0.05, 0) is 42.5 Å². The van der Waals surface area contributed by atoms with E-state index in [-0.39, 0.29) is 21.9 Å². The molecular weight excluding hydrogens is 468 g/mol. The van der Waals surface area contributed by atoms with Gasteiger partial charge in [-0.2, -0.15) is 5.26 Å². The number of H-pyrrole nitrogens is 1. The van der Waals surface area contributed by atoms with Crippen LogP contribution in [0.5, 0.6) is 0 Å². The molecule has 0 aliphatic heterocycles. The lowest BCUT2D eigenvalue weighted by atomic mass is 10.2. The molecule has 9 nitrogen and oxygen atoms in total. The largest absolute Gasteiger partial charge is 0.507 e. The van der Waals surface area contributed by atoms with Crippen molar-refractivity contribution < 1.29 is 23.1 Å². The van der Waals surface area contributed by atoms with Gasteiger partial charge in [0.1, 0.15) is 18.2 Å². The zero-order chi connectivity index (χ0) is 25.0. The highest BCUT2D eigenvalue weighted by Crippen LogP contribution is 2.23. The summed E-state index contributed by atoms with van der Waals surface area (Å²) in [6.07, 6.45) is 0. The van der Waals surface area contributed by atoms with Crippen molar-refractivity contribution in [3.05, 3.63) is 96.0 Å². The second-order valence-electron chi connectivity index (χ2n) is 7.45. The monoisotopic (exact) mass is 488 g/mol. The second kappa shape index (κ2) is 9.70. The minimum atomic E-state index is -3.93. The fraction of sp³-hybridized carbons (Fsp3) is 0.0800. The number of aliphatic hydroxyl groups excluding tert-OH is 1. The van der Waals surface area contributed by atoms with E-state index >= 15 is 0 Å². The van der Waals surface area contributed by atoms with Gasteiger partial charge < -0.3 is 14.8 Å². The number of hydrogen-bond donors (Lipinski definition) is 2. The Morgan fingerprint density at radius 1 is 1.09 bits per heavy atom. The van der Waals surface area contributed by atoms with E-state index in [9.17, 15) is 23.6 Å². The third-order valence-electron chi connectivity index (χ3n) is 5.21. The fourth-order valence-electron chi connectivity index (χ4n) is 3.33. The van der Waals surface area contributed by atoms with Crippen LogP contribution in [0.25, 0.3) is 16.6 Å². The van der Waals surface area contributed by atoms with E-state index in [0.29, 0.717) is 16.7 Å². The fourth-order valence-corrected chi connectivity index (χ4v) is 4.58. The van der Waals surface area contributed by atoms with Crippen molar-refractivity contribution in [2.75, 3.05) is 18.0 Å². The number of carbonyl (C=O) groups is 1. The van der Waals surface area contributed by atoms with Crippen LogP contribution in [0.3, 0.4) is 0 Å². The number of sulfonamides is 1. The number of aliphatic hydroxyl groups is 1. The molecule has 0 aliphatic rings. The number of para-hydroxylation sites is 3. The number of hydrogen-bond acceptors (Lipinski definition) is 7. The zero-order valence-electron chi connectivity index (χ0n) is 18.5. The molecule has 1 heterocycles. The summed E-state index contributed by atoms with van der Waals surface area (Å²) in [4.78, 5) is 19.7. The number of allylic oxidation sites excluding steroid dienone is 1. The molecule has 0 aliphatic carbocycles. The lowest BCUT2D eigenvalue weighted by Gasteiger charge is -2.19. The van der Waals surface area contributed by atoms with Crippen molar-refractivity contribution in [1.29, 1.82) is 5.26 Å². The zero-order valence-corrected chi connectivity index (χ0v) is 19.4. The summed E-state index contributed by atoms with van der Waals surface area (Å²) in [6, 6.07) is 22.9. The molecule has 0 saturated heterocycles. The van der Waals surface area contributed by atoms with Gasteiger partial charge in [0.15, 0.2) is 11.6 Å². The number of benzene rings is 3. The molecule has 4 aromatic rings. The number of nitriles is 1. The molecule has 0 unspecified atom stereocenters. The van der Waals surface area contributed by atoms with Crippen molar-refractivity contribution in [2.24, 2.45) is 0 Å². The number of nitrogens with one attached hydrogen (secondary N) is 1. The van der Waals surface area contributed by atoms with Crippen LogP contribution in [0.1, 0.15) is 16.2 Å². The van der Waals surface area contributed by atoms with Gasteiger partial charge in [-0.3, -0.25) is 4.31 Å². The molecule has 4 rings (SSSR count). The van der Waals surface area contributed by atoms with Gasteiger partial charge in [-0.15, -0.1) is 0 Å². The maximum Gasteiger partial charge on any atom is 0.338 e. The number of aromatic amines is 1. The second-order valence-corrected chi connectivity index (χ2v) is 9.42. The number of fused-ring (bicyclic) bond motifs is 1. The molecule has 0 spiro atoms. The topological polar surface area (TPSA) is 136 Å². The van der Waals surface area contributed by atoms with E-state index in [0.717, 1.165) is 4.31 Å². The van der Waals surface area contributed by atoms with Crippen LogP contribution in [-0.4, -0.2) is 43.1 Å². The lowest BCUT2D eigenvalue weighted by Crippen LogP contribution is -2.26. The Bertz CT molecular complexity index is 1540. The average molecular weight is 489 g/mol. The summed E-state index contributed by atoms with van der Waals surface area (Å²) < 4.78 is 32.3. The van der Waals surface area contributed by atoms with Crippen molar-refractivity contribution in [1.82, 2.24) is 9.97 Å². The van der Waals surface area contributed by atoms with Crippen LogP contribution < -0.4 is 4.31 Å². The van der Waals surface area contributed by atoms with Gasteiger partial charge >= 0.3 is 5.97 Å². The lowest BCUT2D eigenvalue weighted by molar-refractivity contribution is 0.0502.